The Morgan fingerprint density at radius 3 is 2.67 bits per heavy atom. The Kier molecular flexibility index (Phi) is 2.36. The average Bonchev–Trinajstić information content (AvgIpc) is 2.54. The van der Waals surface area contributed by atoms with Crippen LogP contribution in [0, 0.1) is 11.3 Å². The maximum Gasteiger partial charge on any atom is 0.323 e. The van der Waals surface area contributed by atoms with E-state index in [0.29, 0.717) is 5.92 Å². The maximum atomic E-state index is 11.2. The Morgan fingerprint density at radius 1 is 1.67 bits per heavy atom. The van der Waals surface area contributed by atoms with E-state index in [0.717, 1.165) is 6.54 Å². The van der Waals surface area contributed by atoms with Gasteiger partial charge in [-0.3, -0.25) is 4.79 Å². The monoisotopic (exact) mass is 191 g/mol. The molecule has 3 nitrogen and oxygen atoms in total. The molecule has 2 rings (SSSR count). The van der Waals surface area contributed by atoms with E-state index in [1.54, 1.807) is 0 Å². The predicted molar refractivity (Wildman–Crippen MR) is 47.3 cm³/mol. The van der Waals surface area contributed by atoms with Crippen LogP contribution in [0.1, 0.15) is 13.3 Å². The summed E-state index contributed by atoms with van der Waals surface area (Å²) in [5, 5.41) is 3.17. The van der Waals surface area contributed by atoms with Crippen molar-refractivity contribution in [3.05, 3.63) is 0 Å². The highest BCUT2D eigenvalue weighted by molar-refractivity contribution is 5.85. The van der Waals surface area contributed by atoms with Gasteiger partial charge < -0.3 is 10.1 Å². The zero-order valence-corrected chi connectivity index (χ0v) is 8.11. The van der Waals surface area contributed by atoms with E-state index in [-0.39, 0.29) is 29.8 Å². The second-order valence-corrected chi connectivity index (χ2v) is 3.77. The minimum absolute atomic E-state index is 0. The Balaban J connectivity index is 0.000000720. The average molecular weight is 192 g/mol. The van der Waals surface area contributed by atoms with Crippen LogP contribution in [0.4, 0.5) is 0 Å². The minimum Gasteiger partial charge on any atom is -0.468 e. The van der Waals surface area contributed by atoms with Gasteiger partial charge in [0.15, 0.2) is 0 Å². The third-order valence-electron chi connectivity index (χ3n) is 3.12. The fourth-order valence-corrected chi connectivity index (χ4v) is 2.09. The molecule has 0 bridgehead atoms. The summed E-state index contributed by atoms with van der Waals surface area (Å²) in [6.07, 6.45) is 1.18. The third kappa shape index (κ3) is 1.12. The molecule has 0 amide bonds. The molecule has 0 spiro atoms. The summed E-state index contributed by atoms with van der Waals surface area (Å²) in [6.45, 7) is 3.13. The van der Waals surface area contributed by atoms with Gasteiger partial charge in [0.1, 0.15) is 6.04 Å². The first-order chi connectivity index (χ1) is 5.18. The molecular formula is C8H14ClNO2. The van der Waals surface area contributed by atoms with Crippen LogP contribution < -0.4 is 5.32 Å². The van der Waals surface area contributed by atoms with Crippen LogP contribution in [0.3, 0.4) is 0 Å². The van der Waals surface area contributed by atoms with E-state index in [2.05, 4.69) is 12.2 Å². The molecule has 0 aromatic carbocycles. The molecule has 4 heteroatoms. The Hall–Kier alpha value is -0.280. The largest absolute Gasteiger partial charge is 0.468 e. The molecule has 0 radical (unpaired) electrons. The molecule has 2 fully saturated rings. The lowest BCUT2D eigenvalue weighted by Crippen LogP contribution is -2.39. The van der Waals surface area contributed by atoms with Gasteiger partial charge in [0.2, 0.25) is 0 Å². The Morgan fingerprint density at radius 2 is 2.33 bits per heavy atom. The van der Waals surface area contributed by atoms with Crippen molar-refractivity contribution in [2.45, 2.75) is 19.4 Å². The molecular weight excluding hydrogens is 178 g/mol. The minimum atomic E-state index is -0.104. The molecule has 3 atom stereocenters. The fraction of sp³-hybridized carbons (Fsp3) is 0.875. The molecule has 1 saturated heterocycles. The van der Waals surface area contributed by atoms with Gasteiger partial charge in [-0.1, -0.05) is 6.92 Å². The Labute approximate surface area is 78.3 Å². The van der Waals surface area contributed by atoms with Crippen molar-refractivity contribution in [2.75, 3.05) is 13.7 Å². The number of hydrogen-bond acceptors (Lipinski definition) is 3. The van der Waals surface area contributed by atoms with Crippen LogP contribution in [0.25, 0.3) is 0 Å². The van der Waals surface area contributed by atoms with Crippen molar-refractivity contribution in [2.24, 2.45) is 11.3 Å². The number of carbonyl (C=O) groups is 1. The number of nitrogens with one attached hydrogen (secondary N) is 1. The maximum absolute atomic E-state index is 11.2. The van der Waals surface area contributed by atoms with Gasteiger partial charge in [0.25, 0.3) is 0 Å². The van der Waals surface area contributed by atoms with E-state index in [9.17, 15) is 4.79 Å². The normalized spacial score (nSPS) is 42.8. The number of rotatable bonds is 1. The molecule has 1 aliphatic heterocycles. The number of esters is 1. The van der Waals surface area contributed by atoms with Gasteiger partial charge in [0, 0.05) is 0 Å². The van der Waals surface area contributed by atoms with Crippen molar-refractivity contribution < 1.29 is 9.53 Å². The van der Waals surface area contributed by atoms with E-state index in [1.165, 1.54) is 13.5 Å². The number of carbonyl (C=O) groups excluding carboxylic acids is 1. The van der Waals surface area contributed by atoms with Gasteiger partial charge in [-0.25, -0.2) is 0 Å². The van der Waals surface area contributed by atoms with Crippen molar-refractivity contribution in [3.8, 4) is 0 Å². The lowest BCUT2D eigenvalue weighted by atomic mass is 10.00. The van der Waals surface area contributed by atoms with Crippen molar-refractivity contribution in [1.82, 2.24) is 5.32 Å². The topological polar surface area (TPSA) is 38.3 Å². The first-order valence-electron chi connectivity index (χ1n) is 3.99. The summed E-state index contributed by atoms with van der Waals surface area (Å²) >= 11 is 0. The van der Waals surface area contributed by atoms with Crippen molar-refractivity contribution in [3.63, 3.8) is 0 Å². The van der Waals surface area contributed by atoms with Crippen molar-refractivity contribution >= 4 is 18.4 Å². The number of hydrogen-bond donors (Lipinski definition) is 1. The first kappa shape index (κ1) is 9.81. The number of halogens is 1. The van der Waals surface area contributed by atoms with Gasteiger partial charge in [-0.2, -0.15) is 0 Å². The van der Waals surface area contributed by atoms with E-state index in [1.807, 2.05) is 0 Å². The number of methoxy groups -OCH3 is 1. The predicted octanol–water partition coefficient (Wildman–Crippen LogP) is 0.579. The highest BCUT2D eigenvalue weighted by Crippen LogP contribution is 2.58. The quantitative estimate of drug-likeness (QED) is 0.617. The van der Waals surface area contributed by atoms with Gasteiger partial charge in [-0.15, -0.1) is 12.4 Å². The standard InChI is InChI=1S/C8H13NO2.ClH/c1-8-3-5(8)4-9-6(8)7(10)11-2;/h5-6,9H,3-4H2,1-2H3;1H. The Bertz CT molecular complexity index is 207. The first-order valence-corrected chi connectivity index (χ1v) is 3.99. The van der Waals surface area contributed by atoms with Crippen LogP contribution in [-0.2, 0) is 9.53 Å². The van der Waals surface area contributed by atoms with Gasteiger partial charge in [-0.05, 0) is 24.3 Å². The molecule has 3 unspecified atom stereocenters. The smallest absolute Gasteiger partial charge is 0.323 e. The van der Waals surface area contributed by atoms with Gasteiger partial charge >= 0.3 is 5.97 Å². The lowest BCUT2D eigenvalue weighted by molar-refractivity contribution is -0.144. The second-order valence-electron chi connectivity index (χ2n) is 3.77. The van der Waals surface area contributed by atoms with Crippen LogP contribution in [-0.4, -0.2) is 25.7 Å². The van der Waals surface area contributed by atoms with E-state index < -0.39 is 0 Å². The molecule has 1 saturated carbocycles. The summed E-state index contributed by atoms with van der Waals surface area (Å²) < 4.78 is 4.69. The highest BCUT2D eigenvalue weighted by Gasteiger charge is 2.62. The number of ether oxygens (including phenoxy) is 1. The zero-order chi connectivity index (χ0) is 8.06. The van der Waals surface area contributed by atoms with Crippen LogP contribution in [0.15, 0.2) is 0 Å². The summed E-state index contributed by atoms with van der Waals surface area (Å²) in [7, 11) is 1.45. The van der Waals surface area contributed by atoms with Crippen LogP contribution in [0.2, 0.25) is 0 Å². The fourth-order valence-electron chi connectivity index (χ4n) is 2.09. The molecule has 12 heavy (non-hydrogen) atoms. The molecule has 1 N–H and O–H groups in total. The SMILES string of the molecule is COC(=O)C1NCC2CC21C.Cl. The summed E-state index contributed by atoms with van der Waals surface area (Å²) in [5.74, 6) is 0.610. The van der Waals surface area contributed by atoms with Crippen LogP contribution >= 0.6 is 12.4 Å². The zero-order valence-electron chi connectivity index (χ0n) is 7.29. The lowest BCUT2D eigenvalue weighted by Gasteiger charge is -2.16. The summed E-state index contributed by atoms with van der Waals surface area (Å²) in [4.78, 5) is 11.2. The second kappa shape index (κ2) is 2.89. The summed E-state index contributed by atoms with van der Waals surface area (Å²) in [6, 6.07) is -0.0440. The van der Waals surface area contributed by atoms with E-state index in [4.69, 9.17) is 4.74 Å². The number of fused-ring (bicyclic) bond motifs is 1. The number of piperidine rings is 1. The third-order valence-corrected chi connectivity index (χ3v) is 3.12. The van der Waals surface area contributed by atoms with Crippen LogP contribution in [0.5, 0.6) is 0 Å². The molecule has 0 aromatic rings. The molecule has 0 aromatic heterocycles. The molecule has 2 aliphatic rings. The summed E-state index contributed by atoms with van der Waals surface area (Å²) in [5.41, 5.74) is 0.215. The van der Waals surface area contributed by atoms with Crippen molar-refractivity contribution in [1.29, 1.82) is 0 Å². The van der Waals surface area contributed by atoms with Gasteiger partial charge in [0.05, 0.1) is 7.11 Å². The molecule has 1 heterocycles. The molecule has 1 aliphatic carbocycles. The molecule has 70 valence electrons. The highest BCUT2D eigenvalue weighted by atomic mass is 35.5. The van der Waals surface area contributed by atoms with E-state index >= 15 is 0 Å².